The highest BCUT2D eigenvalue weighted by Gasteiger charge is 2.30. The Hall–Kier alpha value is -4.10. The van der Waals surface area contributed by atoms with Gasteiger partial charge in [-0.3, -0.25) is 0 Å². The Kier molecular flexibility index (Phi) is 7.48. The predicted octanol–water partition coefficient (Wildman–Crippen LogP) is 4.06. The molecular weight excluding hydrogens is 446 g/mol. The summed E-state index contributed by atoms with van der Waals surface area (Å²) in [5, 5.41) is 21.8. The minimum Gasteiger partial charge on any atom is -0.508 e. The van der Waals surface area contributed by atoms with E-state index < -0.39 is 18.1 Å². The average molecular weight is 474 g/mol. The number of hydrogen-bond acceptors (Lipinski definition) is 6. The van der Waals surface area contributed by atoms with Crippen LogP contribution in [0.1, 0.15) is 28.2 Å². The molecule has 1 atom stereocenters. The van der Waals surface area contributed by atoms with E-state index in [9.17, 15) is 19.8 Å². The lowest BCUT2D eigenvalue weighted by molar-refractivity contribution is -0.144. The van der Waals surface area contributed by atoms with E-state index in [1.807, 2.05) is 36.4 Å². The summed E-state index contributed by atoms with van der Waals surface area (Å²) in [5.41, 5.74) is 5.37. The zero-order chi connectivity index (χ0) is 24.8. The predicted molar refractivity (Wildman–Crippen MR) is 131 cm³/mol. The van der Waals surface area contributed by atoms with Crippen LogP contribution in [0.3, 0.4) is 0 Å². The first kappa shape index (κ1) is 24.0. The topological polar surface area (TPSA) is 105 Å². The molecule has 0 heterocycles. The van der Waals surface area contributed by atoms with Gasteiger partial charge in [0.2, 0.25) is 0 Å². The molecule has 0 unspecified atom stereocenters. The van der Waals surface area contributed by atoms with E-state index in [0.717, 1.165) is 22.3 Å². The van der Waals surface area contributed by atoms with Crippen LogP contribution in [0.4, 0.5) is 4.79 Å². The third kappa shape index (κ3) is 5.36. The molecule has 180 valence electrons. The quantitative estimate of drug-likeness (QED) is 0.320. The van der Waals surface area contributed by atoms with Crippen molar-refractivity contribution >= 4 is 12.1 Å². The molecule has 1 aliphatic carbocycles. The van der Waals surface area contributed by atoms with Crippen molar-refractivity contribution in [2.24, 2.45) is 0 Å². The Morgan fingerprint density at radius 1 is 1.00 bits per heavy atom. The van der Waals surface area contributed by atoms with E-state index in [2.05, 4.69) is 24.0 Å². The van der Waals surface area contributed by atoms with E-state index in [1.54, 1.807) is 12.1 Å². The summed E-state index contributed by atoms with van der Waals surface area (Å²) in [6, 6.07) is 19.6. The van der Waals surface area contributed by atoms with Gasteiger partial charge in [0, 0.05) is 17.9 Å². The molecule has 35 heavy (non-hydrogen) atoms. The van der Waals surface area contributed by atoms with Crippen LogP contribution >= 0.6 is 0 Å². The van der Waals surface area contributed by atoms with Gasteiger partial charge in [-0.15, -0.1) is 0 Å². The van der Waals surface area contributed by atoms with E-state index in [1.165, 1.54) is 12.1 Å². The molecule has 0 fully saturated rings. The number of ether oxygens (including phenoxy) is 2. The molecule has 0 bridgehead atoms. The fourth-order valence-electron chi connectivity index (χ4n) is 4.35. The molecule has 7 nitrogen and oxygen atoms in total. The molecule has 1 aliphatic rings. The van der Waals surface area contributed by atoms with Crippen molar-refractivity contribution in [3.63, 3.8) is 0 Å². The molecule has 0 saturated heterocycles. The van der Waals surface area contributed by atoms with Gasteiger partial charge < -0.3 is 25.0 Å². The number of nitrogens with one attached hydrogen (secondary N) is 1. The van der Waals surface area contributed by atoms with Crippen molar-refractivity contribution in [3.8, 4) is 16.9 Å². The van der Waals surface area contributed by atoms with Crippen LogP contribution in [0.2, 0.25) is 0 Å². The van der Waals surface area contributed by atoms with Gasteiger partial charge in [-0.1, -0.05) is 67.3 Å². The minimum atomic E-state index is -1.03. The third-order valence-electron chi connectivity index (χ3n) is 6.02. The Morgan fingerprint density at radius 2 is 1.66 bits per heavy atom. The fraction of sp³-hybridized carbons (Fsp3) is 0.214. The third-order valence-corrected chi connectivity index (χ3v) is 6.02. The van der Waals surface area contributed by atoms with Gasteiger partial charge in [-0.05, 0) is 39.9 Å². The number of hydrogen-bond donors (Lipinski definition) is 3. The summed E-state index contributed by atoms with van der Waals surface area (Å²) in [4.78, 5) is 25.4. The van der Waals surface area contributed by atoms with Crippen LogP contribution in [-0.4, -0.2) is 41.5 Å². The summed E-state index contributed by atoms with van der Waals surface area (Å²) in [6.45, 7) is 3.29. The van der Waals surface area contributed by atoms with Gasteiger partial charge in [0.1, 0.15) is 25.0 Å². The first-order chi connectivity index (χ1) is 17.0. The molecule has 1 amide bonds. The van der Waals surface area contributed by atoms with Crippen LogP contribution < -0.4 is 5.32 Å². The molecule has 0 spiro atoms. The molecular formula is C28H27NO6. The highest BCUT2D eigenvalue weighted by atomic mass is 16.6. The summed E-state index contributed by atoms with van der Waals surface area (Å²) in [5.74, 6) is -0.799. The van der Waals surface area contributed by atoms with Gasteiger partial charge >= 0.3 is 12.1 Å². The van der Waals surface area contributed by atoms with Gasteiger partial charge in [-0.25, -0.2) is 9.59 Å². The molecule has 7 heteroatoms. The van der Waals surface area contributed by atoms with Crippen LogP contribution in [0.15, 0.2) is 79.4 Å². The molecule has 3 N–H and O–H groups in total. The van der Waals surface area contributed by atoms with E-state index in [-0.39, 0.29) is 37.9 Å². The van der Waals surface area contributed by atoms with E-state index in [0.29, 0.717) is 11.1 Å². The minimum absolute atomic E-state index is 0.000822. The van der Waals surface area contributed by atoms with Crippen molar-refractivity contribution in [1.29, 1.82) is 0 Å². The summed E-state index contributed by atoms with van der Waals surface area (Å²) < 4.78 is 10.7. The zero-order valence-electron chi connectivity index (χ0n) is 19.1. The molecule has 0 radical (unpaired) electrons. The van der Waals surface area contributed by atoms with Crippen LogP contribution in [0.25, 0.3) is 11.1 Å². The maximum absolute atomic E-state index is 12.7. The molecule has 3 aromatic rings. The largest absolute Gasteiger partial charge is 0.508 e. The van der Waals surface area contributed by atoms with Crippen molar-refractivity contribution in [3.05, 3.63) is 102 Å². The number of alkyl carbamates (subject to hydrolysis) is 1. The molecule has 3 aromatic carbocycles. The van der Waals surface area contributed by atoms with Crippen LogP contribution in [0.5, 0.6) is 5.75 Å². The molecule has 4 rings (SSSR count). The first-order valence-electron chi connectivity index (χ1n) is 11.3. The second-order valence-electron chi connectivity index (χ2n) is 8.27. The van der Waals surface area contributed by atoms with E-state index in [4.69, 9.17) is 9.47 Å². The van der Waals surface area contributed by atoms with Crippen LogP contribution in [-0.2, 0) is 27.3 Å². The van der Waals surface area contributed by atoms with Gasteiger partial charge in [-0.2, -0.15) is 0 Å². The summed E-state index contributed by atoms with van der Waals surface area (Å²) in [6.07, 6.45) is 0.786. The van der Waals surface area contributed by atoms with E-state index >= 15 is 0 Å². The molecule has 0 saturated carbocycles. The number of aromatic hydroxyl groups is 1. The van der Waals surface area contributed by atoms with Crippen molar-refractivity contribution in [1.82, 2.24) is 5.32 Å². The van der Waals surface area contributed by atoms with Gasteiger partial charge in [0.05, 0.1) is 6.61 Å². The average Bonchev–Trinajstić information content (AvgIpc) is 3.20. The van der Waals surface area contributed by atoms with Crippen molar-refractivity contribution < 1.29 is 29.3 Å². The number of amides is 1. The van der Waals surface area contributed by atoms with Crippen molar-refractivity contribution in [2.45, 2.75) is 25.0 Å². The number of carbonyl (C=O) groups is 2. The maximum atomic E-state index is 12.7. The number of phenols is 1. The Bertz CT molecular complexity index is 1190. The second-order valence-corrected chi connectivity index (χ2v) is 8.27. The lowest BCUT2D eigenvalue weighted by Gasteiger charge is -2.19. The number of aliphatic hydroxyl groups excluding tert-OH is 1. The maximum Gasteiger partial charge on any atom is 0.407 e. The summed E-state index contributed by atoms with van der Waals surface area (Å²) >= 11 is 0. The molecule has 0 aliphatic heterocycles. The smallest absolute Gasteiger partial charge is 0.407 e. The highest BCUT2D eigenvalue weighted by molar-refractivity contribution is 5.82. The monoisotopic (exact) mass is 473 g/mol. The lowest BCUT2D eigenvalue weighted by atomic mass is 9.98. The lowest BCUT2D eigenvalue weighted by Crippen LogP contribution is -2.44. The normalized spacial score (nSPS) is 12.8. The number of carbonyl (C=O) groups excluding carboxylic acids is 2. The standard InChI is InChI=1S/C28H27NO6/c1-2-13-34-27(32)25(15-18-11-12-26(31)19(14-18)16-30)29-28(33)35-17-24-22-9-5-3-7-20(22)21-8-4-6-10-23(21)24/h2-12,14,24-25,30-31H,1,13,15-17H2,(H,29,33)/t25-/m0/s1. The van der Waals surface area contributed by atoms with Crippen molar-refractivity contribution in [2.75, 3.05) is 13.2 Å². The Labute approximate surface area is 203 Å². The van der Waals surface area contributed by atoms with Crippen LogP contribution in [0, 0.1) is 0 Å². The number of benzene rings is 3. The number of fused-ring (bicyclic) bond motifs is 3. The highest BCUT2D eigenvalue weighted by Crippen LogP contribution is 2.44. The SMILES string of the molecule is C=CCOC(=O)[C@H](Cc1ccc(O)c(CO)c1)NC(=O)OCC1c2ccccc2-c2ccccc21. The Morgan fingerprint density at radius 3 is 2.29 bits per heavy atom. The first-order valence-corrected chi connectivity index (χ1v) is 11.3. The Balaban J connectivity index is 1.46. The van der Waals surface area contributed by atoms with Gasteiger partial charge in [0.25, 0.3) is 0 Å². The second kappa shape index (κ2) is 10.9. The number of esters is 1. The number of aliphatic hydroxyl groups is 1. The zero-order valence-corrected chi connectivity index (χ0v) is 19.1. The summed E-state index contributed by atoms with van der Waals surface area (Å²) in [7, 11) is 0. The molecule has 0 aromatic heterocycles. The fourth-order valence-corrected chi connectivity index (χ4v) is 4.35. The number of rotatable bonds is 9. The van der Waals surface area contributed by atoms with Gasteiger partial charge in [0.15, 0.2) is 0 Å².